The molecule has 1 aliphatic rings. The standard InChI is InChI=1S/C12H14N2O5S/c15-11-7-14(10(6-13-11)12(16)17)20(18,19)8-9-4-2-1-3-5-9/h1-5,10H,6-8H2,(H,13,15)(H,16,17). The van der Waals surface area contributed by atoms with Gasteiger partial charge >= 0.3 is 5.97 Å². The van der Waals surface area contributed by atoms with Crippen LogP contribution in [0.15, 0.2) is 30.3 Å². The van der Waals surface area contributed by atoms with Gasteiger partial charge in [0.15, 0.2) is 0 Å². The molecule has 0 bridgehead atoms. The molecule has 2 rings (SSSR count). The molecule has 1 fully saturated rings. The number of hydrogen-bond acceptors (Lipinski definition) is 4. The third kappa shape index (κ3) is 3.14. The summed E-state index contributed by atoms with van der Waals surface area (Å²) >= 11 is 0. The lowest BCUT2D eigenvalue weighted by molar-refractivity contribution is -0.143. The lowest BCUT2D eigenvalue weighted by atomic mass is 10.2. The van der Waals surface area contributed by atoms with Gasteiger partial charge in [-0.2, -0.15) is 4.31 Å². The Balaban J connectivity index is 2.25. The monoisotopic (exact) mass is 298 g/mol. The molecule has 1 aromatic carbocycles. The average molecular weight is 298 g/mol. The van der Waals surface area contributed by atoms with Crippen molar-refractivity contribution in [1.29, 1.82) is 0 Å². The van der Waals surface area contributed by atoms with Crippen LogP contribution in [0.5, 0.6) is 0 Å². The summed E-state index contributed by atoms with van der Waals surface area (Å²) in [6, 6.07) is 7.16. The van der Waals surface area contributed by atoms with E-state index in [1.54, 1.807) is 30.3 Å². The van der Waals surface area contributed by atoms with Crippen molar-refractivity contribution >= 4 is 21.9 Å². The second-order valence-electron chi connectivity index (χ2n) is 4.45. The molecule has 1 heterocycles. The smallest absolute Gasteiger partial charge is 0.323 e. The predicted octanol–water partition coefficient (Wildman–Crippen LogP) is -0.599. The fraction of sp³-hybridized carbons (Fsp3) is 0.333. The van der Waals surface area contributed by atoms with Gasteiger partial charge in [0.2, 0.25) is 15.9 Å². The second kappa shape index (κ2) is 5.59. The van der Waals surface area contributed by atoms with Crippen molar-refractivity contribution in [2.45, 2.75) is 11.8 Å². The Bertz CT molecular complexity index is 614. The molecule has 0 radical (unpaired) electrons. The highest BCUT2D eigenvalue weighted by molar-refractivity contribution is 7.88. The number of carboxylic acids is 1. The number of carbonyl (C=O) groups is 2. The van der Waals surface area contributed by atoms with E-state index in [-0.39, 0.29) is 12.3 Å². The van der Waals surface area contributed by atoms with E-state index in [9.17, 15) is 18.0 Å². The van der Waals surface area contributed by atoms with Gasteiger partial charge < -0.3 is 10.4 Å². The van der Waals surface area contributed by atoms with Gasteiger partial charge in [0.05, 0.1) is 12.3 Å². The molecule has 7 nitrogen and oxygen atoms in total. The Morgan fingerprint density at radius 1 is 1.35 bits per heavy atom. The molecule has 2 N–H and O–H groups in total. The molecule has 1 unspecified atom stereocenters. The fourth-order valence-corrected chi connectivity index (χ4v) is 3.64. The molecule has 1 aromatic rings. The van der Waals surface area contributed by atoms with Crippen molar-refractivity contribution in [2.75, 3.05) is 13.1 Å². The molecule has 0 spiro atoms. The maximum Gasteiger partial charge on any atom is 0.323 e. The summed E-state index contributed by atoms with van der Waals surface area (Å²) in [6.07, 6.45) is 0. The Kier molecular flexibility index (Phi) is 4.05. The van der Waals surface area contributed by atoms with E-state index in [1.807, 2.05) is 0 Å². The van der Waals surface area contributed by atoms with Gasteiger partial charge in [0, 0.05) is 6.54 Å². The summed E-state index contributed by atoms with van der Waals surface area (Å²) in [5, 5.41) is 11.4. The quantitative estimate of drug-likeness (QED) is 0.772. The van der Waals surface area contributed by atoms with Crippen molar-refractivity contribution in [3.05, 3.63) is 35.9 Å². The van der Waals surface area contributed by atoms with E-state index in [0.29, 0.717) is 5.56 Å². The van der Waals surface area contributed by atoms with Crippen LogP contribution in [0.4, 0.5) is 0 Å². The minimum atomic E-state index is -3.87. The Morgan fingerprint density at radius 2 is 2.00 bits per heavy atom. The maximum atomic E-state index is 12.3. The summed E-state index contributed by atoms with van der Waals surface area (Å²) in [4.78, 5) is 22.4. The van der Waals surface area contributed by atoms with Crippen molar-refractivity contribution in [3.8, 4) is 0 Å². The summed E-state index contributed by atoms with van der Waals surface area (Å²) in [6.45, 7) is -0.686. The van der Waals surface area contributed by atoms with Gasteiger partial charge in [-0.1, -0.05) is 30.3 Å². The number of rotatable bonds is 4. The highest BCUT2D eigenvalue weighted by Crippen LogP contribution is 2.16. The van der Waals surface area contributed by atoms with Crippen LogP contribution in [0, 0.1) is 0 Å². The number of benzene rings is 1. The number of piperazine rings is 1. The van der Waals surface area contributed by atoms with Crippen LogP contribution in [0.1, 0.15) is 5.56 Å². The number of nitrogens with one attached hydrogen (secondary N) is 1. The Morgan fingerprint density at radius 3 is 2.60 bits per heavy atom. The number of carbonyl (C=O) groups excluding carboxylic acids is 1. The van der Waals surface area contributed by atoms with E-state index < -0.39 is 34.5 Å². The lowest BCUT2D eigenvalue weighted by Gasteiger charge is -2.31. The number of hydrogen-bond donors (Lipinski definition) is 2. The van der Waals surface area contributed by atoms with E-state index in [0.717, 1.165) is 4.31 Å². The number of amides is 1. The Labute approximate surface area is 116 Å². The molecule has 1 aliphatic heterocycles. The minimum absolute atomic E-state index is 0.220. The highest BCUT2D eigenvalue weighted by Gasteiger charge is 2.39. The molecule has 1 atom stereocenters. The second-order valence-corrected chi connectivity index (χ2v) is 6.37. The first-order chi connectivity index (χ1) is 9.40. The normalized spacial score (nSPS) is 20.4. The van der Waals surface area contributed by atoms with Gasteiger partial charge in [-0.15, -0.1) is 0 Å². The lowest BCUT2D eigenvalue weighted by Crippen LogP contribution is -2.59. The third-order valence-electron chi connectivity index (χ3n) is 2.97. The van der Waals surface area contributed by atoms with E-state index in [2.05, 4.69) is 5.32 Å². The summed E-state index contributed by atoms with van der Waals surface area (Å²) in [7, 11) is -3.87. The molecule has 0 aliphatic carbocycles. The topological polar surface area (TPSA) is 104 Å². The molecule has 1 saturated heterocycles. The number of aliphatic carboxylic acids is 1. The largest absolute Gasteiger partial charge is 0.480 e. The first-order valence-electron chi connectivity index (χ1n) is 5.93. The number of carboxylic acid groups (broad SMARTS) is 1. The highest BCUT2D eigenvalue weighted by atomic mass is 32.2. The van der Waals surface area contributed by atoms with Crippen LogP contribution >= 0.6 is 0 Å². The zero-order valence-corrected chi connectivity index (χ0v) is 11.3. The Hall–Kier alpha value is -1.93. The van der Waals surface area contributed by atoms with Crippen LogP contribution in [-0.4, -0.2) is 48.8 Å². The van der Waals surface area contributed by atoms with E-state index in [1.165, 1.54) is 0 Å². The first kappa shape index (κ1) is 14.5. The first-order valence-corrected chi connectivity index (χ1v) is 7.54. The molecule has 108 valence electrons. The average Bonchev–Trinajstić information content (AvgIpc) is 2.39. The van der Waals surface area contributed by atoms with Crippen LogP contribution in [0.2, 0.25) is 0 Å². The molecule has 1 amide bonds. The van der Waals surface area contributed by atoms with Crippen molar-refractivity contribution in [1.82, 2.24) is 9.62 Å². The van der Waals surface area contributed by atoms with Crippen molar-refractivity contribution in [3.63, 3.8) is 0 Å². The van der Waals surface area contributed by atoms with Crippen LogP contribution < -0.4 is 5.32 Å². The number of nitrogens with zero attached hydrogens (tertiary/aromatic N) is 1. The van der Waals surface area contributed by atoms with Gasteiger partial charge in [0.25, 0.3) is 0 Å². The zero-order valence-electron chi connectivity index (χ0n) is 10.5. The van der Waals surface area contributed by atoms with Gasteiger partial charge in [0.1, 0.15) is 6.04 Å². The molecule has 20 heavy (non-hydrogen) atoms. The number of sulfonamides is 1. The molecular weight excluding hydrogens is 284 g/mol. The van der Waals surface area contributed by atoms with E-state index in [4.69, 9.17) is 5.11 Å². The van der Waals surface area contributed by atoms with E-state index >= 15 is 0 Å². The summed E-state index contributed by atoms with van der Waals surface area (Å²) in [5.74, 6) is -2.11. The van der Waals surface area contributed by atoms with Crippen LogP contribution in [0.25, 0.3) is 0 Å². The fourth-order valence-electron chi connectivity index (χ4n) is 1.99. The third-order valence-corrected chi connectivity index (χ3v) is 4.77. The van der Waals surface area contributed by atoms with Gasteiger partial charge in [-0.05, 0) is 5.56 Å². The molecule has 0 saturated carbocycles. The van der Waals surface area contributed by atoms with Crippen LogP contribution in [0.3, 0.4) is 0 Å². The SMILES string of the molecule is O=C1CN(S(=O)(=O)Cc2ccccc2)C(C(=O)O)CN1. The molecule has 0 aromatic heterocycles. The van der Waals surface area contributed by atoms with Gasteiger partial charge in [-0.3, -0.25) is 9.59 Å². The van der Waals surface area contributed by atoms with Crippen molar-refractivity contribution < 1.29 is 23.1 Å². The maximum absolute atomic E-state index is 12.3. The minimum Gasteiger partial charge on any atom is -0.480 e. The molecular formula is C12H14N2O5S. The summed E-state index contributed by atoms with van der Waals surface area (Å²) < 4.78 is 25.3. The van der Waals surface area contributed by atoms with Gasteiger partial charge in [-0.25, -0.2) is 8.42 Å². The predicted molar refractivity (Wildman–Crippen MR) is 70.2 cm³/mol. The molecule has 8 heteroatoms. The van der Waals surface area contributed by atoms with Crippen molar-refractivity contribution in [2.24, 2.45) is 0 Å². The summed E-state index contributed by atoms with van der Waals surface area (Å²) in [5.41, 5.74) is 0.544. The zero-order chi connectivity index (χ0) is 14.8. The van der Waals surface area contributed by atoms with Crippen LogP contribution in [-0.2, 0) is 25.4 Å².